The first-order chi connectivity index (χ1) is 9.06. The molecule has 0 heterocycles. The summed E-state index contributed by atoms with van der Waals surface area (Å²) >= 11 is 3.34. The zero-order valence-electron chi connectivity index (χ0n) is 9.88. The number of nitrogens with two attached hydrogens (primary N) is 1. The number of halogens is 1. The van der Waals surface area contributed by atoms with Crippen LogP contribution in [0.15, 0.2) is 46.9 Å². The molecule has 0 fully saturated rings. The van der Waals surface area contributed by atoms with Gasteiger partial charge in [-0.15, -0.1) is 0 Å². The van der Waals surface area contributed by atoms with Gasteiger partial charge in [0, 0.05) is 10.5 Å². The Bertz CT molecular complexity index is 599. The lowest BCUT2D eigenvalue weighted by atomic mass is 10.2. The van der Waals surface area contributed by atoms with Gasteiger partial charge >= 0.3 is 0 Å². The molecule has 0 atom stereocenters. The summed E-state index contributed by atoms with van der Waals surface area (Å²) in [5, 5.41) is 10.7. The molecule has 0 aliphatic heterocycles. The lowest BCUT2D eigenvalue weighted by Gasteiger charge is -2.08. The van der Waals surface area contributed by atoms with E-state index in [-0.39, 0.29) is 5.69 Å². The van der Waals surface area contributed by atoms with Gasteiger partial charge in [0.25, 0.3) is 5.69 Å². The molecule has 2 aromatic carbocycles. The van der Waals surface area contributed by atoms with Gasteiger partial charge in [-0.2, -0.15) is 0 Å². The van der Waals surface area contributed by atoms with Crippen LogP contribution in [0.1, 0.15) is 5.56 Å². The Balaban J connectivity index is 2.12. The number of ether oxygens (including phenoxy) is 1. The van der Waals surface area contributed by atoms with E-state index in [1.165, 1.54) is 18.2 Å². The molecule has 0 saturated carbocycles. The van der Waals surface area contributed by atoms with E-state index in [1.54, 1.807) is 0 Å². The predicted octanol–water partition coefficient (Wildman–Crippen LogP) is 3.52. The molecule has 2 aromatic rings. The number of nitro groups is 1. The van der Waals surface area contributed by atoms with Crippen LogP contribution in [-0.2, 0) is 6.61 Å². The van der Waals surface area contributed by atoms with Crippen LogP contribution in [0, 0.1) is 10.1 Å². The quantitative estimate of drug-likeness (QED) is 0.530. The minimum absolute atomic E-state index is 0.0417. The van der Waals surface area contributed by atoms with Gasteiger partial charge in [0.2, 0.25) is 0 Å². The molecule has 5 nitrogen and oxygen atoms in total. The van der Waals surface area contributed by atoms with Crippen LogP contribution in [0.25, 0.3) is 0 Å². The number of hydrogen-bond donors (Lipinski definition) is 1. The van der Waals surface area contributed by atoms with Crippen LogP contribution in [-0.4, -0.2) is 4.92 Å². The van der Waals surface area contributed by atoms with Gasteiger partial charge in [-0.3, -0.25) is 10.1 Å². The van der Waals surface area contributed by atoms with E-state index in [1.807, 2.05) is 24.3 Å². The number of nitro benzene ring substituents is 1. The van der Waals surface area contributed by atoms with E-state index in [9.17, 15) is 10.1 Å². The lowest BCUT2D eigenvalue weighted by Crippen LogP contribution is -1.99. The standard InChI is InChI=1S/C13H11BrN2O3/c14-10-3-1-9(2-4-10)8-19-13-7-11(16(17)18)5-6-12(13)15/h1-7H,8,15H2. The third-order valence-electron chi connectivity index (χ3n) is 2.52. The van der Waals surface area contributed by atoms with E-state index >= 15 is 0 Å². The summed E-state index contributed by atoms with van der Waals surface area (Å²) in [6.07, 6.45) is 0. The van der Waals surface area contributed by atoms with Crippen molar-refractivity contribution in [3.63, 3.8) is 0 Å². The van der Waals surface area contributed by atoms with Crippen molar-refractivity contribution in [2.24, 2.45) is 0 Å². The maximum Gasteiger partial charge on any atom is 0.273 e. The summed E-state index contributed by atoms with van der Waals surface area (Å²) in [6, 6.07) is 11.7. The van der Waals surface area contributed by atoms with E-state index in [0.717, 1.165) is 10.0 Å². The number of nitrogens with zero attached hydrogens (tertiary/aromatic N) is 1. The van der Waals surface area contributed by atoms with E-state index in [4.69, 9.17) is 10.5 Å². The highest BCUT2D eigenvalue weighted by Crippen LogP contribution is 2.27. The van der Waals surface area contributed by atoms with E-state index in [0.29, 0.717) is 18.0 Å². The molecule has 98 valence electrons. The zero-order valence-corrected chi connectivity index (χ0v) is 11.5. The monoisotopic (exact) mass is 322 g/mol. The average molecular weight is 323 g/mol. The van der Waals surface area contributed by atoms with Crippen molar-refractivity contribution < 1.29 is 9.66 Å². The first-order valence-electron chi connectivity index (χ1n) is 5.47. The maximum absolute atomic E-state index is 10.7. The number of rotatable bonds is 4. The van der Waals surface area contributed by atoms with E-state index in [2.05, 4.69) is 15.9 Å². The minimum atomic E-state index is -0.480. The minimum Gasteiger partial charge on any atom is -0.486 e. The second-order valence-electron chi connectivity index (χ2n) is 3.89. The van der Waals surface area contributed by atoms with Crippen LogP contribution < -0.4 is 10.5 Å². The summed E-state index contributed by atoms with van der Waals surface area (Å²) in [5.74, 6) is 0.317. The maximum atomic E-state index is 10.7. The van der Waals surface area contributed by atoms with Gasteiger partial charge in [0.15, 0.2) is 0 Å². The van der Waals surface area contributed by atoms with Crippen LogP contribution in [0.3, 0.4) is 0 Å². The van der Waals surface area contributed by atoms with Gasteiger partial charge in [0.05, 0.1) is 16.7 Å². The molecular weight excluding hydrogens is 312 g/mol. The van der Waals surface area contributed by atoms with Gasteiger partial charge in [-0.1, -0.05) is 28.1 Å². The molecule has 0 radical (unpaired) electrons. The number of hydrogen-bond acceptors (Lipinski definition) is 4. The molecule has 0 aromatic heterocycles. The van der Waals surface area contributed by atoms with E-state index < -0.39 is 4.92 Å². The number of benzene rings is 2. The highest BCUT2D eigenvalue weighted by atomic mass is 79.9. The van der Waals surface area contributed by atoms with Crippen LogP contribution in [0.4, 0.5) is 11.4 Å². The highest BCUT2D eigenvalue weighted by Gasteiger charge is 2.10. The molecule has 6 heteroatoms. The number of nitrogen functional groups attached to an aromatic ring is 1. The van der Waals surface area contributed by atoms with Crippen molar-refractivity contribution in [2.45, 2.75) is 6.61 Å². The average Bonchev–Trinajstić information content (AvgIpc) is 2.39. The SMILES string of the molecule is Nc1ccc([N+](=O)[O-])cc1OCc1ccc(Br)cc1. The topological polar surface area (TPSA) is 78.4 Å². The van der Waals surface area contributed by atoms with Crippen LogP contribution in [0.5, 0.6) is 5.75 Å². The zero-order chi connectivity index (χ0) is 13.8. The van der Waals surface area contributed by atoms with Crippen molar-refractivity contribution in [3.05, 3.63) is 62.6 Å². The predicted molar refractivity (Wildman–Crippen MR) is 76.0 cm³/mol. The Kier molecular flexibility index (Phi) is 4.01. The molecule has 0 amide bonds. The van der Waals surface area contributed by atoms with Crippen molar-refractivity contribution in [3.8, 4) is 5.75 Å². The molecule has 0 saturated heterocycles. The smallest absolute Gasteiger partial charge is 0.273 e. The third kappa shape index (κ3) is 3.45. The molecule has 0 aliphatic rings. The molecule has 2 rings (SSSR count). The van der Waals surface area contributed by atoms with Crippen molar-refractivity contribution in [1.82, 2.24) is 0 Å². The highest BCUT2D eigenvalue weighted by molar-refractivity contribution is 9.10. The van der Waals surface area contributed by atoms with Gasteiger partial charge < -0.3 is 10.5 Å². The molecular formula is C13H11BrN2O3. The summed E-state index contributed by atoms with van der Waals surface area (Å²) in [5.41, 5.74) is 7.01. The Labute approximate surface area is 118 Å². The van der Waals surface area contributed by atoms with Gasteiger partial charge in [-0.05, 0) is 23.8 Å². The van der Waals surface area contributed by atoms with Crippen molar-refractivity contribution in [2.75, 3.05) is 5.73 Å². The van der Waals surface area contributed by atoms with Crippen LogP contribution in [0.2, 0.25) is 0 Å². The van der Waals surface area contributed by atoms with Gasteiger partial charge in [0.1, 0.15) is 12.4 Å². The molecule has 19 heavy (non-hydrogen) atoms. The number of anilines is 1. The van der Waals surface area contributed by atoms with Gasteiger partial charge in [-0.25, -0.2) is 0 Å². The second kappa shape index (κ2) is 5.71. The molecule has 0 spiro atoms. The second-order valence-corrected chi connectivity index (χ2v) is 4.81. The first-order valence-corrected chi connectivity index (χ1v) is 6.27. The number of non-ortho nitro benzene ring substituents is 1. The molecule has 0 unspecified atom stereocenters. The first kappa shape index (κ1) is 13.4. The molecule has 0 aliphatic carbocycles. The largest absolute Gasteiger partial charge is 0.486 e. The molecule has 0 bridgehead atoms. The van der Waals surface area contributed by atoms with Crippen molar-refractivity contribution >= 4 is 27.3 Å². The summed E-state index contributed by atoms with van der Waals surface area (Å²) in [6.45, 7) is 0.304. The fourth-order valence-corrected chi connectivity index (χ4v) is 1.77. The fraction of sp³-hybridized carbons (Fsp3) is 0.0769. The summed E-state index contributed by atoms with van der Waals surface area (Å²) < 4.78 is 6.49. The Hall–Kier alpha value is -2.08. The fourth-order valence-electron chi connectivity index (χ4n) is 1.50. The lowest BCUT2D eigenvalue weighted by molar-refractivity contribution is -0.384. The third-order valence-corrected chi connectivity index (χ3v) is 3.04. The Morgan fingerprint density at radius 2 is 1.89 bits per heavy atom. The van der Waals surface area contributed by atoms with Crippen LogP contribution >= 0.6 is 15.9 Å². The normalized spacial score (nSPS) is 10.2. The Morgan fingerprint density at radius 3 is 2.53 bits per heavy atom. The Morgan fingerprint density at radius 1 is 1.21 bits per heavy atom. The summed E-state index contributed by atoms with van der Waals surface area (Å²) in [7, 11) is 0. The van der Waals surface area contributed by atoms with Crippen molar-refractivity contribution in [1.29, 1.82) is 0 Å². The summed E-state index contributed by atoms with van der Waals surface area (Å²) in [4.78, 5) is 10.2. The molecule has 2 N–H and O–H groups in total.